The van der Waals surface area contributed by atoms with Crippen LogP contribution in [-0.4, -0.2) is 56.4 Å². The van der Waals surface area contributed by atoms with Crippen molar-refractivity contribution in [2.24, 2.45) is 13.0 Å². The molecule has 288 valence electrons. The summed E-state index contributed by atoms with van der Waals surface area (Å²) in [4.78, 5) is 23.2. The van der Waals surface area contributed by atoms with Gasteiger partial charge in [0.15, 0.2) is 21.5 Å². The van der Waals surface area contributed by atoms with Gasteiger partial charge in [-0.2, -0.15) is 32.1 Å². The molecule has 0 aliphatic heterocycles. The fourth-order valence-corrected chi connectivity index (χ4v) is 9.34. The Hall–Kier alpha value is -4.76. The number of amides is 1. The summed E-state index contributed by atoms with van der Waals surface area (Å²) in [6.45, 7) is -1.04. The van der Waals surface area contributed by atoms with Crippen LogP contribution in [0.3, 0.4) is 0 Å². The fourth-order valence-electron chi connectivity index (χ4n) is 7.38. The molecule has 2 aromatic carbocycles. The van der Waals surface area contributed by atoms with Gasteiger partial charge in [0.2, 0.25) is 15.9 Å². The number of carbonyl (C=O) groups is 1. The van der Waals surface area contributed by atoms with Crippen LogP contribution in [0.1, 0.15) is 46.6 Å². The van der Waals surface area contributed by atoms with Gasteiger partial charge in [-0.25, -0.2) is 27.2 Å². The fraction of sp³-hybridized carbons (Fsp3) is 0.324. The number of pyridine rings is 1. The van der Waals surface area contributed by atoms with Gasteiger partial charge < -0.3 is 5.32 Å². The van der Waals surface area contributed by atoms with Crippen LogP contribution in [0.15, 0.2) is 46.8 Å². The van der Waals surface area contributed by atoms with Gasteiger partial charge in [-0.15, -0.1) is 11.3 Å². The van der Waals surface area contributed by atoms with Crippen molar-refractivity contribution < 1.29 is 43.9 Å². The summed E-state index contributed by atoms with van der Waals surface area (Å²) in [5.41, 5.74) is -1.41. The second-order valence-corrected chi connectivity index (χ2v) is 17.2. The molecule has 2 aliphatic carbocycles. The Kier molecular flexibility index (Phi) is 8.72. The second-order valence-electron chi connectivity index (χ2n) is 13.4. The molecule has 2 aliphatic rings. The number of para-hydroxylation sites is 1. The summed E-state index contributed by atoms with van der Waals surface area (Å²) in [5, 5.41) is 10.9. The number of nitrogens with one attached hydrogen (secondary N) is 2. The van der Waals surface area contributed by atoms with Gasteiger partial charge in [0.1, 0.15) is 23.9 Å². The summed E-state index contributed by atoms with van der Waals surface area (Å²) in [6.07, 6.45) is -2.73. The highest BCUT2D eigenvalue weighted by Gasteiger charge is 2.68. The third-order valence-electron chi connectivity index (χ3n) is 9.53. The minimum atomic E-state index is -5.05. The van der Waals surface area contributed by atoms with E-state index in [0.29, 0.717) is 41.8 Å². The number of fused-ring (bicyclic) bond motifs is 5. The largest absolute Gasteiger partial charge is 0.435 e. The molecule has 21 heteroatoms. The van der Waals surface area contributed by atoms with Crippen molar-refractivity contribution >= 4 is 66.1 Å². The lowest BCUT2D eigenvalue weighted by Gasteiger charge is -2.23. The molecule has 4 aromatic heterocycles. The average Bonchev–Trinajstić information content (AvgIpc) is 3.36. The first-order chi connectivity index (χ1) is 25.8. The van der Waals surface area contributed by atoms with E-state index in [1.165, 1.54) is 27.8 Å². The van der Waals surface area contributed by atoms with Gasteiger partial charge in [-0.1, -0.05) is 23.9 Å². The normalized spacial score (nSPS) is 18.1. The number of benzene rings is 2. The van der Waals surface area contributed by atoms with E-state index in [1.54, 1.807) is 37.6 Å². The molecule has 1 saturated carbocycles. The standard InChI is InChI=1S/C34H27F7N8O3S3/c1-48-27-17(5-4-6-18(27)30(46-48)47-55(3,51)52)19-12-23-31(44-32(53-2)54-23)43-26(19)22(9-14-7-15(35)10-16(36)8-14)42-24(50)13-49-29-25(28(45-49)34(39,40)41)20-11-21(20)33(29,37)38/h4-8,10,12,20-22H,9,11,13H2,1-3H3,(H,42,50)(H,46,47)/t20-,21?,22?/m0/s1. The van der Waals surface area contributed by atoms with Gasteiger partial charge in [-0.3, -0.25) is 18.9 Å². The highest BCUT2D eigenvalue weighted by molar-refractivity contribution is 8.00. The Labute approximate surface area is 315 Å². The quantitative estimate of drug-likeness (QED) is 0.110. The van der Waals surface area contributed by atoms with E-state index in [-0.39, 0.29) is 35.6 Å². The maximum Gasteiger partial charge on any atom is 0.435 e. The lowest BCUT2D eigenvalue weighted by Crippen LogP contribution is -2.35. The smallest absolute Gasteiger partial charge is 0.346 e. The molecule has 8 rings (SSSR count). The predicted molar refractivity (Wildman–Crippen MR) is 190 cm³/mol. The Morgan fingerprint density at radius 2 is 1.82 bits per heavy atom. The Morgan fingerprint density at radius 3 is 2.49 bits per heavy atom. The summed E-state index contributed by atoms with van der Waals surface area (Å²) in [5.74, 6) is -8.86. The zero-order chi connectivity index (χ0) is 39.4. The van der Waals surface area contributed by atoms with E-state index in [9.17, 15) is 35.2 Å². The maximum absolute atomic E-state index is 15.4. The predicted octanol–water partition coefficient (Wildman–Crippen LogP) is 7.14. The highest BCUT2D eigenvalue weighted by atomic mass is 32.2. The van der Waals surface area contributed by atoms with E-state index in [2.05, 4.69) is 25.2 Å². The topological polar surface area (TPSA) is 137 Å². The molecule has 0 saturated heterocycles. The number of aryl methyl sites for hydroxylation is 1. The SMILES string of the molecule is CSc1nc2nc(C(Cc3cc(F)cc(F)c3)NC(=O)Cn3nc(C(F)(F)F)c4c3C(F)(F)C3C[C@H]43)c(-c3cccc4c(NS(C)(=O)=O)nn(C)c34)cc2s1. The van der Waals surface area contributed by atoms with Gasteiger partial charge in [0, 0.05) is 41.1 Å². The molecule has 4 heterocycles. The van der Waals surface area contributed by atoms with Crippen molar-refractivity contribution in [1.29, 1.82) is 0 Å². The molecule has 1 fully saturated rings. The minimum absolute atomic E-state index is 0.0272. The number of alkyl halides is 5. The van der Waals surface area contributed by atoms with Crippen molar-refractivity contribution in [3.63, 3.8) is 0 Å². The van der Waals surface area contributed by atoms with Crippen molar-refractivity contribution in [2.75, 3.05) is 17.2 Å². The number of thiazole rings is 1. The van der Waals surface area contributed by atoms with Crippen LogP contribution in [0.25, 0.3) is 32.4 Å². The summed E-state index contributed by atoms with van der Waals surface area (Å²) in [7, 11) is -2.18. The van der Waals surface area contributed by atoms with Crippen molar-refractivity contribution in [3.8, 4) is 11.1 Å². The third kappa shape index (κ3) is 6.68. The molecule has 1 amide bonds. The number of nitrogens with zero attached hydrogens (tertiary/aromatic N) is 6. The molecule has 2 unspecified atom stereocenters. The molecular weight excluding hydrogens is 798 g/mol. The molecule has 0 radical (unpaired) electrons. The second kappa shape index (κ2) is 12.9. The zero-order valence-corrected chi connectivity index (χ0v) is 31.1. The van der Waals surface area contributed by atoms with Crippen molar-refractivity contribution in [2.45, 2.75) is 47.8 Å². The van der Waals surface area contributed by atoms with Crippen LogP contribution in [0.2, 0.25) is 0 Å². The number of thioether (sulfide) groups is 1. The molecule has 2 N–H and O–H groups in total. The first-order valence-electron chi connectivity index (χ1n) is 16.4. The number of sulfonamides is 1. The van der Waals surface area contributed by atoms with Crippen LogP contribution in [0, 0.1) is 17.6 Å². The number of carbonyl (C=O) groups excluding carboxylic acids is 1. The van der Waals surface area contributed by atoms with Gasteiger partial charge >= 0.3 is 6.18 Å². The van der Waals surface area contributed by atoms with E-state index in [1.807, 2.05) is 0 Å². The molecule has 3 atom stereocenters. The Morgan fingerprint density at radius 1 is 1.09 bits per heavy atom. The first kappa shape index (κ1) is 37.2. The van der Waals surface area contributed by atoms with E-state index < -0.39 is 81.0 Å². The Bertz CT molecular complexity index is 2650. The van der Waals surface area contributed by atoms with Crippen LogP contribution >= 0.6 is 23.1 Å². The first-order valence-corrected chi connectivity index (χ1v) is 20.4. The van der Waals surface area contributed by atoms with Crippen LogP contribution in [0.5, 0.6) is 0 Å². The number of rotatable bonds is 10. The van der Waals surface area contributed by atoms with Crippen molar-refractivity contribution in [1.82, 2.24) is 34.8 Å². The van der Waals surface area contributed by atoms with E-state index in [4.69, 9.17) is 4.98 Å². The van der Waals surface area contributed by atoms with Gasteiger partial charge in [-0.05, 0) is 54.8 Å². The number of anilines is 1. The Balaban J connectivity index is 1.28. The summed E-state index contributed by atoms with van der Waals surface area (Å²) in [6, 6.07) is 8.12. The molecule has 0 bridgehead atoms. The molecule has 0 spiro atoms. The zero-order valence-electron chi connectivity index (χ0n) is 28.7. The lowest BCUT2D eigenvalue weighted by molar-refractivity contribution is -0.142. The van der Waals surface area contributed by atoms with Gasteiger partial charge in [0.25, 0.3) is 5.92 Å². The summed E-state index contributed by atoms with van der Waals surface area (Å²) < 4.78 is 132. The summed E-state index contributed by atoms with van der Waals surface area (Å²) >= 11 is 2.65. The molecule has 55 heavy (non-hydrogen) atoms. The molecule has 6 aromatic rings. The van der Waals surface area contributed by atoms with Crippen LogP contribution in [-0.2, 0) is 46.9 Å². The third-order valence-corrected chi connectivity index (χ3v) is 12.1. The van der Waals surface area contributed by atoms with E-state index >= 15 is 8.78 Å². The molecular formula is C34H27F7N8O3S3. The average molecular weight is 825 g/mol. The van der Waals surface area contributed by atoms with Crippen molar-refractivity contribution in [3.05, 3.63) is 82.3 Å². The molecule has 11 nitrogen and oxygen atoms in total. The van der Waals surface area contributed by atoms with E-state index in [0.717, 1.165) is 18.4 Å². The lowest BCUT2D eigenvalue weighted by atomic mass is 9.94. The number of aromatic nitrogens is 6. The number of hydrogen-bond donors (Lipinski definition) is 2. The van der Waals surface area contributed by atoms with Crippen LogP contribution in [0.4, 0.5) is 36.6 Å². The maximum atomic E-state index is 15.4. The number of halogens is 7. The minimum Gasteiger partial charge on any atom is -0.346 e. The highest BCUT2D eigenvalue weighted by Crippen LogP contribution is 2.68. The monoisotopic (exact) mass is 824 g/mol. The van der Waals surface area contributed by atoms with Gasteiger partial charge in [0.05, 0.1) is 28.2 Å². The van der Waals surface area contributed by atoms with Crippen LogP contribution < -0.4 is 10.0 Å². The number of hydrogen-bond acceptors (Lipinski definition) is 9.